The molecule has 2 rings (SSSR count). The summed E-state index contributed by atoms with van der Waals surface area (Å²) in [6.07, 6.45) is 0.965. The van der Waals surface area contributed by atoms with Crippen LogP contribution < -0.4 is 5.73 Å². The van der Waals surface area contributed by atoms with Gasteiger partial charge in [0.05, 0.1) is 0 Å². The normalized spacial score (nSPS) is 13.4. The molecule has 1 aromatic carbocycles. The van der Waals surface area contributed by atoms with Gasteiger partial charge in [0.1, 0.15) is 0 Å². The highest BCUT2D eigenvalue weighted by Crippen LogP contribution is 2.26. The molecule has 0 fully saturated rings. The molecule has 0 aliphatic carbocycles. The van der Waals surface area contributed by atoms with Crippen LogP contribution in [-0.2, 0) is 6.42 Å². The van der Waals surface area contributed by atoms with Crippen LogP contribution in [-0.4, -0.2) is 6.04 Å². The van der Waals surface area contributed by atoms with Gasteiger partial charge >= 0.3 is 0 Å². The average molecular weight is 205 g/mol. The Morgan fingerprint density at radius 1 is 1.43 bits per heavy atom. The summed E-state index contributed by atoms with van der Waals surface area (Å²) in [5.74, 6) is 0. The van der Waals surface area contributed by atoms with Crippen LogP contribution in [0.15, 0.2) is 23.6 Å². The SMILES string of the molecule is Cc1csc2cc(CC(C)N)ccc12. The molecule has 0 aliphatic rings. The van der Waals surface area contributed by atoms with E-state index in [1.165, 1.54) is 21.2 Å². The number of thiophene rings is 1. The highest BCUT2D eigenvalue weighted by atomic mass is 32.1. The Labute approximate surface area is 88.6 Å². The zero-order chi connectivity index (χ0) is 10.1. The van der Waals surface area contributed by atoms with E-state index < -0.39 is 0 Å². The zero-order valence-corrected chi connectivity index (χ0v) is 9.40. The maximum absolute atomic E-state index is 5.78. The van der Waals surface area contributed by atoms with Crippen molar-refractivity contribution in [2.75, 3.05) is 0 Å². The number of nitrogens with two attached hydrogens (primary N) is 1. The third kappa shape index (κ3) is 1.81. The molecule has 0 spiro atoms. The van der Waals surface area contributed by atoms with Crippen LogP contribution in [0.2, 0.25) is 0 Å². The standard InChI is InChI=1S/C12H15NS/c1-8-7-14-12-6-10(5-9(2)13)3-4-11(8)12/h3-4,6-7,9H,5,13H2,1-2H3. The fourth-order valence-electron chi connectivity index (χ4n) is 1.70. The van der Waals surface area contributed by atoms with E-state index in [1.807, 2.05) is 18.3 Å². The molecular weight excluding hydrogens is 190 g/mol. The van der Waals surface area contributed by atoms with Gasteiger partial charge in [0.2, 0.25) is 0 Å². The molecule has 0 amide bonds. The summed E-state index contributed by atoms with van der Waals surface area (Å²) in [4.78, 5) is 0. The molecule has 1 aromatic heterocycles. The van der Waals surface area contributed by atoms with Crippen molar-refractivity contribution in [2.45, 2.75) is 26.3 Å². The molecule has 0 radical (unpaired) electrons. The Hall–Kier alpha value is -0.860. The first-order chi connectivity index (χ1) is 6.66. The summed E-state index contributed by atoms with van der Waals surface area (Å²) in [6, 6.07) is 6.90. The van der Waals surface area contributed by atoms with E-state index >= 15 is 0 Å². The topological polar surface area (TPSA) is 26.0 Å². The number of benzene rings is 1. The Balaban J connectivity index is 2.42. The smallest absolute Gasteiger partial charge is 0.0348 e. The molecule has 2 aromatic rings. The molecule has 1 nitrogen and oxygen atoms in total. The minimum absolute atomic E-state index is 0.244. The lowest BCUT2D eigenvalue weighted by Gasteiger charge is -2.04. The molecule has 14 heavy (non-hydrogen) atoms. The minimum atomic E-state index is 0.244. The number of rotatable bonds is 2. The maximum atomic E-state index is 5.78. The Morgan fingerprint density at radius 2 is 2.21 bits per heavy atom. The molecular formula is C12H15NS. The predicted octanol–water partition coefficient (Wildman–Crippen LogP) is 3.10. The van der Waals surface area contributed by atoms with Crippen LogP contribution in [0.5, 0.6) is 0 Å². The molecule has 2 heteroatoms. The van der Waals surface area contributed by atoms with Gasteiger partial charge in [-0.25, -0.2) is 0 Å². The van der Waals surface area contributed by atoms with Gasteiger partial charge in [-0.05, 0) is 48.2 Å². The lowest BCUT2D eigenvalue weighted by molar-refractivity contribution is 0.739. The van der Waals surface area contributed by atoms with Crippen LogP contribution in [0, 0.1) is 6.92 Å². The van der Waals surface area contributed by atoms with E-state index in [1.54, 1.807) is 0 Å². The van der Waals surface area contributed by atoms with E-state index in [2.05, 4.69) is 30.5 Å². The van der Waals surface area contributed by atoms with Crippen molar-refractivity contribution < 1.29 is 0 Å². The Bertz CT molecular complexity index is 443. The summed E-state index contributed by atoms with van der Waals surface area (Å²) in [6.45, 7) is 4.20. The summed E-state index contributed by atoms with van der Waals surface area (Å²) in [5.41, 5.74) is 8.49. The maximum Gasteiger partial charge on any atom is 0.0348 e. The summed E-state index contributed by atoms with van der Waals surface area (Å²) in [5, 5.41) is 3.59. The van der Waals surface area contributed by atoms with Gasteiger partial charge in [-0.1, -0.05) is 12.1 Å². The minimum Gasteiger partial charge on any atom is -0.328 e. The van der Waals surface area contributed by atoms with E-state index in [9.17, 15) is 0 Å². The molecule has 2 N–H and O–H groups in total. The summed E-state index contributed by atoms with van der Waals surface area (Å²) < 4.78 is 1.38. The van der Waals surface area contributed by atoms with E-state index in [0.717, 1.165) is 6.42 Å². The number of fused-ring (bicyclic) bond motifs is 1. The quantitative estimate of drug-likeness (QED) is 0.801. The molecule has 1 unspecified atom stereocenters. The van der Waals surface area contributed by atoms with Gasteiger partial charge in [-0.3, -0.25) is 0 Å². The van der Waals surface area contributed by atoms with E-state index in [4.69, 9.17) is 5.73 Å². The number of hydrogen-bond acceptors (Lipinski definition) is 2. The Kier molecular flexibility index (Phi) is 2.57. The van der Waals surface area contributed by atoms with Crippen molar-refractivity contribution in [2.24, 2.45) is 5.73 Å². The third-order valence-corrected chi connectivity index (χ3v) is 3.45. The van der Waals surface area contributed by atoms with Crippen molar-refractivity contribution in [1.82, 2.24) is 0 Å². The van der Waals surface area contributed by atoms with Crippen molar-refractivity contribution in [1.29, 1.82) is 0 Å². The van der Waals surface area contributed by atoms with Crippen LogP contribution in [0.4, 0.5) is 0 Å². The second-order valence-corrected chi connectivity index (χ2v) is 4.84. The second-order valence-electron chi connectivity index (χ2n) is 3.93. The highest BCUT2D eigenvalue weighted by Gasteiger charge is 2.02. The number of aryl methyl sites for hydroxylation is 1. The van der Waals surface area contributed by atoms with Crippen molar-refractivity contribution in [3.05, 3.63) is 34.7 Å². The fraction of sp³-hybridized carbons (Fsp3) is 0.333. The van der Waals surface area contributed by atoms with E-state index in [0.29, 0.717) is 0 Å². The first kappa shape index (κ1) is 9.69. The second kappa shape index (κ2) is 3.71. The lowest BCUT2D eigenvalue weighted by atomic mass is 10.1. The molecule has 0 saturated heterocycles. The molecule has 1 heterocycles. The zero-order valence-electron chi connectivity index (χ0n) is 8.58. The Morgan fingerprint density at radius 3 is 2.93 bits per heavy atom. The molecule has 0 saturated carbocycles. The van der Waals surface area contributed by atoms with Gasteiger partial charge in [-0.15, -0.1) is 11.3 Å². The van der Waals surface area contributed by atoms with Crippen LogP contribution in [0.1, 0.15) is 18.1 Å². The monoisotopic (exact) mass is 205 g/mol. The van der Waals surface area contributed by atoms with Gasteiger partial charge in [0, 0.05) is 10.7 Å². The molecule has 1 atom stereocenters. The summed E-state index contributed by atoms with van der Waals surface area (Å²) in [7, 11) is 0. The lowest BCUT2D eigenvalue weighted by Crippen LogP contribution is -2.17. The molecule has 0 aliphatic heterocycles. The third-order valence-electron chi connectivity index (χ3n) is 2.39. The van der Waals surface area contributed by atoms with Gasteiger partial charge < -0.3 is 5.73 Å². The van der Waals surface area contributed by atoms with Gasteiger partial charge in [0.25, 0.3) is 0 Å². The van der Waals surface area contributed by atoms with Crippen molar-refractivity contribution in [3.63, 3.8) is 0 Å². The first-order valence-electron chi connectivity index (χ1n) is 4.89. The van der Waals surface area contributed by atoms with Crippen molar-refractivity contribution in [3.8, 4) is 0 Å². The molecule has 0 bridgehead atoms. The first-order valence-corrected chi connectivity index (χ1v) is 5.77. The van der Waals surface area contributed by atoms with Gasteiger partial charge in [0.15, 0.2) is 0 Å². The van der Waals surface area contributed by atoms with Crippen molar-refractivity contribution >= 4 is 21.4 Å². The molecule has 74 valence electrons. The highest BCUT2D eigenvalue weighted by molar-refractivity contribution is 7.17. The predicted molar refractivity (Wildman–Crippen MR) is 63.9 cm³/mol. The fourth-order valence-corrected chi connectivity index (χ4v) is 2.71. The van der Waals surface area contributed by atoms with Crippen LogP contribution >= 0.6 is 11.3 Å². The van der Waals surface area contributed by atoms with E-state index in [-0.39, 0.29) is 6.04 Å². The van der Waals surface area contributed by atoms with Crippen LogP contribution in [0.3, 0.4) is 0 Å². The average Bonchev–Trinajstić information content (AvgIpc) is 2.46. The summed E-state index contributed by atoms with van der Waals surface area (Å²) >= 11 is 1.81. The van der Waals surface area contributed by atoms with Crippen LogP contribution in [0.25, 0.3) is 10.1 Å². The largest absolute Gasteiger partial charge is 0.328 e. The number of hydrogen-bond donors (Lipinski definition) is 1. The van der Waals surface area contributed by atoms with Gasteiger partial charge in [-0.2, -0.15) is 0 Å².